The van der Waals surface area contributed by atoms with Crippen molar-refractivity contribution in [1.82, 2.24) is 0 Å². The molecule has 0 aromatic heterocycles. The van der Waals surface area contributed by atoms with Crippen molar-refractivity contribution in [2.75, 3.05) is 6.61 Å². The van der Waals surface area contributed by atoms with E-state index in [1.54, 1.807) is 24.3 Å². The Morgan fingerprint density at radius 3 is 2.43 bits per heavy atom. The van der Waals surface area contributed by atoms with Crippen LogP contribution >= 0.6 is 0 Å². The molecule has 0 spiro atoms. The number of benzene rings is 2. The molecule has 0 amide bonds. The van der Waals surface area contributed by atoms with Crippen LogP contribution in [0.25, 0.3) is 0 Å². The summed E-state index contributed by atoms with van der Waals surface area (Å²) in [5.74, 6) is 0.537. The van der Waals surface area contributed by atoms with Crippen LogP contribution in [0.1, 0.15) is 28.4 Å². The number of phenolic OH excluding ortho intramolecular Hbond substituents is 1. The summed E-state index contributed by atoms with van der Waals surface area (Å²) < 4.78 is 16.7. The van der Waals surface area contributed by atoms with Crippen LogP contribution in [-0.2, 0) is 4.74 Å². The Kier molecular flexibility index (Phi) is 5.63. The molecule has 30 heavy (non-hydrogen) atoms. The molecule has 9 heteroatoms. The van der Waals surface area contributed by atoms with E-state index >= 15 is 0 Å². The average molecular weight is 418 g/mol. The van der Waals surface area contributed by atoms with Gasteiger partial charge in [0.25, 0.3) is 0 Å². The van der Waals surface area contributed by atoms with Crippen molar-refractivity contribution in [3.63, 3.8) is 0 Å². The van der Waals surface area contributed by atoms with E-state index in [0.717, 1.165) is 0 Å². The molecule has 2 aromatic carbocycles. The van der Waals surface area contributed by atoms with Crippen LogP contribution in [0, 0.1) is 0 Å². The highest BCUT2D eigenvalue weighted by atomic mass is 16.7. The third kappa shape index (κ3) is 3.85. The smallest absolute Gasteiger partial charge is 0.229 e. The number of aliphatic hydroxyl groups excluding tert-OH is 4. The summed E-state index contributed by atoms with van der Waals surface area (Å²) in [6.07, 6.45) is -7.24. The lowest BCUT2D eigenvalue weighted by Gasteiger charge is -2.39. The number of rotatable bonds is 4. The molecule has 2 aromatic rings. The molecule has 2 aliphatic heterocycles. The number of carbonyl (C=O) groups excluding carboxylic acids is 1. The van der Waals surface area contributed by atoms with Crippen LogP contribution in [0.15, 0.2) is 42.5 Å². The molecule has 0 aliphatic carbocycles. The summed E-state index contributed by atoms with van der Waals surface area (Å²) in [7, 11) is 0. The van der Waals surface area contributed by atoms with E-state index in [1.807, 2.05) is 0 Å². The minimum Gasteiger partial charge on any atom is -0.508 e. The monoisotopic (exact) mass is 418 g/mol. The maximum Gasteiger partial charge on any atom is 0.229 e. The molecule has 1 fully saturated rings. The fourth-order valence-corrected chi connectivity index (χ4v) is 3.56. The molecule has 0 radical (unpaired) electrons. The number of phenols is 1. The van der Waals surface area contributed by atoms with Crippen molar-refractivity contribution in [3.8, 4) is 17.2 Å². The van der Waals surface area contributed by atoms with Gasteiger partial charge in [-0.25, -0.2) is 0 Å². The van der Waals surface area contributed by atoms with Crippen LogP contribution in [0.4, 0.5) is 0 Å². The number of hydrogen-bond donors (Lipinski definition) is 5. The highest BCUT2D eigenvalue weighted by molar-refractivity contribution is 6.00. The average Bonchev–Trinajstić information content (AvgIpc) is 2.74. The minimum atomic E-state index is -1.53. The van der Waals surface area contributed by atoms with Crippen molar-refractivity contribution in [2.45, 2.75) is 43.2 Å². The number of carbonyl (C=O) groups is 1. The van der Waals surface area contributed by atoms with E-state index in [9.17, 15) is 30.3 Å². The van der Waals surface area contributed by atoms with Crippen LogP contribution < -0.4 is 9.47 Å². The Bertz CT molecular complexity index is 911. The highest BCUT2D eigenvalue weighted by Gasteiger charge is 2.44. The lowest BCUT2D eigenvalue weighted by Crippen LogP contribution is -2.60. The first-order chi connectivity index (χ1) is 14.4. The minimum absolute atomic E-state index is 0.00507. The molecule has 0 bridgehead atoms. The zero-order valence-corrected chi connectivity index (χ0v) is 15.8. The number of ketones is 1. The van der Waals surface area contributed by atoms with E-state index in [2.05, 4.69) is 0 Å². The zero-order chi connectivity index (χ0) is 21.4. The van der Waals surface area contributed by atoms with Crippen molar-refractivity contribution >= 4 is 5.78 Å². The lowest BCUT2D eigenvalue weighted by atomic mass is 9.96. The van der Waals surface area contributed by atoms with Gasteiger partial charge in [-0.1, -0.05) is 12.1 Å². The first-order valence-corrected chi connectivity index (χ1v) is 9.47. The van der Waals surface area contributed by atoms with Gasteiger partial charge in [0.2, 0.25) is 6.29 Å². The van der Waals surface area contributed by atoms with E-state index in [-0.39, 0.29) is 18.0 Å². The number of hydrogen-bond acceptors (Lipinski definition) is 9. The molecule has 0 saturated carbocycles. The molecule has 2 aliphatic rings. The SMILES string of the molecule is O=C1CC(c2ccc(OC3OC(CO)C(O)C(O)C3O)cc2)Oc2cc(O)ccc21. The van der Waals surface area contributed by atoms with Crippen LogP contribution in [0.5, 0.6) is 17.2 Å². The van der Waals surface area contributed by atoms with E-state index in [4.69, 9.17) is 14.2 Å². The van der Waals surface area contributed by atoms with Gasteiger partial charge in [-0.15, -0.1) is 0 Å². The number of aromatic hydroxyl groups is 1. The molecule has 5 N–H and O–H groups in total. The van der Waals surface area contributed by atoms with Gasteiger partial charge in [0, 0.05) is 6.07 Å². The second-order valence-electron chi connectivity index (χ2n) is 7.30. The number of ether oxygens (including phenoxy) is 3. The van der Waals surface area contributed by atoms with Gasteiger partial charge in [-0.05, 0) is 29.8 Å². The first-order valence-electron chi connectivity index (χ1n) is 9.47. The van der Waals surface area contributed by atoms with Crippen molar-refractivity contribution in [2.24, 2.45) is 0 Å². The van der Waals surface area contributed by atoms with Gasteiger partial charge in [0.05, 0.1) is 18.6 Å². The van der Waals surface area contributed by atoms with Gasteiger partial charge in [0.1, 0.15) is 47.8 Å². The topological polar surface area (TPSA) is 146 Å². The van der Waals surface area contributed by atoms with Crippen molar-refractivity contribution in [3.05, 3.63) is 53.6 Å². The maximum atomic E-state index is 12.4. The number of fused-ring (bicyclic) bond motifs is 1. The summed E-state index contributed by atoms with van der Waals surface area (Å²) in [5, 5.41) is 48.6. The highest BCUT2D eigenvalue weighted by Crippen LogP contribution is 2.37. The fourth-order valence-electron chi connectivity index (χ4n) is 3.56. The number of Topliss-reactive ketones (excluding diaryl/α,β-unsaturated/α-hetero) is 1. The number of aliphatic hydroxyl groups is 4. The Hall–Kier alpha value is -2.69. The third-order valence-corrected chi connectivity index (χ3v) is 5.26. The van der Waals surface area contributed by atoms with E-state index in [1.165, 1.54) is 18.2 Å². The van der Waals surface area contributed by atoms with E-state index < -0.39 is 43.4 Å². The molecule has 4 rings (SSSR count). The molecule has 1 saturated heterocycles. The molecule has 160 valence electrons. The predicted octanol–water partition coefficient (Wildman–Crippen LogP) is 0.277. The van der Waals surface area contributed by atoms with E-state index in [0.29, 0.717) is 22.6 Å². The summed E-state index contributed by atoms with van der Waals surface area (Å²) in [4.78, 5) is 12.4. The second kappa shape index (κ2) is 8.21. The lowest BCUT2D eigenvalue weighted by molar-refractivity contribution is -0.277. The Morgan fingerprint density at radius 1 is 1.00 bits per heavy atom. The van der Waals surface area contributed by atoms with Gasteiger partial charge < -0.3 is 39.7 Å². The predicted molar refractivity (Wildman–Crippen MR) is 101 cm³/mol. The standard InChI is InChI=1S/C21H22O9/c22-9-17-18(25)19(26)20(27)21(30-17)28-12-4-1-10(2-5-12)15-8-14(24)13-6-3-11(23)7-16(13)29-15/h1-7,15,17-23,25-27H,8-9H2. The fraction of sp³-hybridized carbons (Fsp3) is 0.381. The summed E-state index contributed by atoms with van der Waals surface area (Å²) in [6, 6.07) is 10.9. The molecule has 6 unspecified atom stereocenters. The van der Waals surface area contributed by atoms with Gasteiger partial charge >= 0.3 is 0 Å². The van der Waals surface area contributed by atoms with Gasteiger partial charge in [-0.3, -0.25) is 4.79 Å². The maximum absolute atomic E-state index is 12.4. The zero-order valence-electron chi connectivity index (χ0n) is 15.8. The summed E-state index contributed by atoms with van der Waals surface area (Å²) >= 11 is 0. The van der Waals surface area contributed by atoms with Gasteiger partial charge in [-0.2, -0.15) is 0 Å². The largest absolute Gasteiger partial charge is 0.508 e. The molecule has 9 nitrogen and oxygen atoms in total. The van der Waals surface area contributed by atoms with Crippen molar-refractivity contribution in [1.29, 1.82) is 0 Å². The molecular weight excluding hydrogens is 396 g/mol. The van der Waals surface area contributed by atoms with Crippen LogP contribution in [0.3, 0.4) is 0 Å². The normalized spacial score (nSPS) is 31.0. The van der Waals surface area contributed by atoms with Crippen molar-refractivity contribution < 1.29 is 44.5 Å². The summed E-state index contributed by atoms with van der Waals surface area (Å²) in [6.45, 7) is -0.548. The molecular formula is C21H22O9. The molecule has 6 atom stereocenters. The molecule has 2 heterocycles. The third-order valence-electron chi connectivity index (χ3n) is 5.26. The van der Waals surface area contributed by atoms with Crippen LogP contribution in [-0.4, -0.2) is 68.6 Å². The summed E-state index contributed by atoms with van der Waals surface area (Å²) in [5.41, 5.74) is 1.13. The van der Waals surface area contributed by atoms with Crippen LogP contribution in [0.2, 0.25) is 0 Å². The Labute approximate surface area is 171 Å². The quantitative estimate of drug-likeness (QED) is 0.472. The first kappa shape index (κ1) is 20.6. The Balaban J connectivity index is 1.46. The Morgan fingerprint density at radius 2 is 1.73 bits per heavy atom. The van der Waals surface area contributed by atoms with Gasteiger partial charge in [0.15, 0.2) is 5.78 Å². The second-order valence-corrected chi connectivity index (χ2v) is 7.30.